The lowest BCUT2D eigenvalue weighted by molar-refractivity contribution is -0.137. The normalized spacial score (nSPS) is 10.2. The van der Waals surface area contributed by atoms with Gasteiger partial charge in [0.15, 0.2) is 0 Å². The van der Waals surface area contributed by atoms with E-state index in [4.69, 9.17) is 5.11 Å². The Balaban J connectivity index is 2.17. The molecule has 0 bridgehead atoms. The summed E-state index contributed by atoms with van der Waals surface area (Å²) in [4.78, 5) is 29.1. The van der Waals surface area contributed by atoms with Gasteiger partial charge in [-0.2, -0.15) is 0 Å². The molecule has 1 aromatic heterocycles. The van der Waals surface area contributed by atoms with Gasteiger partial charge in [0.25, 0.3) is 5.91 Å². The Kier molecular flexibility index (Phi) is 5.25. The van der Waals surface area contributed by atoms with Crippen LogP contribution in [0.25, 0.3) is 0 Å². The summed E-state index contributed by atoms with van der Waals surface area (Å²) in [6.07, 6.45) is 1.56. The number of hydrogen-bond acceptors (Lipinski definition) is 3. The fourth-order valence-corrected chi connectivity index (χ4v) is 2.05. The van der Waals surface area contributed by atoms with Crippen molar-refractivity contribution in [3.63, 3.8) is 0 Å². The topological polar surface area (TPSA) is 70.5 Å². The summed E-state index contributed by atoms with van der Waals surface area (Å²) in [7, 11) is 0. The van der Waals surface area contributed by atoms with Gasteiger partial charge in [0.05, 0.1) is 18.7 Å². The van der Waals surface area contributed by atoms with E-state index in [0.717, 1.165) is 11.3 Å². The first kappa shape index (κ1) is 15.7. The maximum absolute atomic E-state index is 12.6. The summed E-state index contributed by atoms with van der Waals surface area (Å²) in [5.74, 6) is -1.12. The molecule has 0 aliphatic heterocycles. The third kappa shape index (κ3) is 4.41. The molecule has 0 radical (unpaired) electrons. The van der Waals surface area contributed by atoms with E-state index in [9.17, 15) is 9.59 Å². The van der Waals surface area contributed by atoms with Crippen LogP contribution in [0.15, 0.2) is 48.7 Å². The van der Waals surface area contributed by atoms with E-state index in [2.05, 4.69) is 4.98 Å². The molecule has 1 aromatic carbocycles. The van der Waals surface area contributed by atoms with Crippen molar-refractivity contribution in [1.29, 1.82) is 0 Å². The minimum atomic E-state index is -0.928. The zero-order valence-corrected chi connectivity index (χ0v) is 12.4. The molecule has 2 rings (SSSR count). The molecular formula is C17H18N2O3. The highest BCUT2D eigenvalue weighted by atomic mass is 16.4. The maximum Gasteiger partial charge on any atom is 0.305 e. The zero-order valence-electron chi connectivity index (χ0n) is 12.4. The molecule has 1 heterocycles. The molecule has 5 nitrogen and oxygen atoms in total. The second kappa shape index (κ2) is 7.36. The van der Waals surface area contributed by atoms with Crippen molar-refractivity contribution in [3.8, 4) is 0 Å². The van der Waals surface area contributed by atoms with E-state index >= 15 is 0 Å². The largest absolute Gasteiger partial charge is 0.481 e. The molecule has 5 heteroatoms. The third-order valence-corrected chi connectivity index (χ3v) is 3.26. The third-order valence-electron chi connectivity index (χ3n) is 3.26. The molecule has 0 spiro atoms. The average Bonchev–Trinajstić information content (AvgIpc) is 2.52. The highest BCUT2D eigenvalue weighted by Gasteiger charge is 2.17. The van der Waals surface area contributed by atoms with Crippen molar-refractivity contribution in [2.75, 3.05) is 6.54 Å². The molecule has 0 saturated heterocycles. The summed E-state index contributed by atoms with van der Waals surface area (Å²) in [5, 5.41) is 8.86. The number of aliphatic carboxylic acids is 1. The quantitative estimate of drug-likeness (QED) is 0.889. The van der Waals surface area contributed by atoms with Gasteiger partial charge in [0, 0.05) is 18.3 Å². The Hall–Kier alpha value is -2.69. The maximum atomic E-state index is 12.6. The lowest BCUT2D eigenvalue weighted by Gasteiger charge is -2.22. The van der Waals surface area contributed by atoms with Gasteiger partial charge in [-0.3, -0.25) is 14.6 Å². The number of aromatic nitrogens is 1. The number of nitrogens with zero attached hydrogens (tertiary/aromatic N) is 2. The molecule has 2 aromatic rings. The highest BCUT2D eigenvalue weighted by Crippen LogP contribution is 2.11. The first-order valence-corrected chi connectivity index (χ1v) is 7.04. The van der Waals surface area contributed by atoms with Crippen molar-refractivity contribution in [2.45, 2.75) is 19.9 Å². The van der Waals surface area contributed by atoms with E-state index in [1.807, 2.05) is 31.2 Å². The highest BCUT2D eigenvalue weighted by molar-refractivity contribution is 5.94. The Bertz CT molecular complexity index is 639. The van der Waals surface area contributed by atoms with E-state index in [0.29, 0.717) is 12.1 Å². The number of carboxylic acid groups (broad SMARTS) is 1. The lowest BCUT2D eigenvalue weighted by atomic mass is 10.1. The molecular weight excluding hydrogens is 280 g/mol. The summed E-state index contributed by atoms with van der Waals surface area (Å²) >= 11 is 0. The number of pyridine rings is 1. The SMILES string of the molecule is Cc1ccc(C(=O)N(CCC(=O)O)Cc2ccccn2)cc1. The van der Waals surface area contributed by atoms with E-state index in [1.54, 1.807) is 24.4 Å². The van der Waals surface area contributed by atoms with Crippen LogP contribution in [0.3, 0.4) is 0 Å². The van der Waals surface area contributed by atoms with Crippen LogP contribution in [0, 0.1) is 6.92 Å². The van der Waals surface area contributed by atoms with Crippen LogP contribution >= 0.6 is 0 Å². The number of benzene rings is 1. The monoisotopic (exact) mass is 298 g/mol. The average molecular weight is 298 g/mol. The summed E-state index contributed by atoms with van der Waals surface area (Å²) in [6, 6.07) is 12.7. The first-order chi connectivity index (χ1) is 10.6. The Labute approximate surface area is 129 Å². The number of hydrogen-bond donors (Lipinski definition) is 1. The molecule has 0 aliphatic carbocycles. The molecule has 114 valence electrons. The van der Waals surface area contributed by atoms with Crippen LogP contribution in [0.1, 0.15) is 28.0 Å². The van der Waals surface area contributed by atoms with Crippen LogP contribution in [0.5, 0.6) is 0 Å². The van der Waals surface area contributed by atoms with Crippen molar-refractivity contribution < 1.29 is 14.7 Å². The number of carboxylic acids is 1. The lowest BCUT2D eigenvalue weighted by Crippen LogP contribution is -2.32. The standard InChI is InChI=1S/C17H18N2O3/c1-13-5-7-14(8-6-13)17(22)19(11-9-16(20)21)12-15-4-2-3-10-18-15/h2-8,10H,9,11-12H2,1H3,(H,20,21). The van der Waals surface area contributed by atoms with E-state index in [-0.39, 0.29) is 18.9 Å². The van der Waals surface area contributed by atoms with Gasteiger partial charge in [-0.15, -0.1) is 0 Å². The Morgan fingerprint density at radius 3 is 2.45 bits per heavy atom. The molecule has 0 fully saturated rings. The predicted molar refractivity (Wildman–Crippen MR) is 82.4 cm³/mol. The number of carbonyl (C=O) groups excluding carboxylic acids is 1. The van der Waals surface area contributed by atoms with Gasteiger partial charge < -0.3 is 10.0 Å². The summed E-state index contributed by atoms with van der Waals surface area (Å²) in [6.45, 7) is 2.39. The van der Waals surface area contributed by atoms with Crippen LogP contribution in [-0.4, -0.2) is 33.4 Å². The molecule has 0 aliphatic rings. The molecule has 0 saturated carbocycles. The molecule has 1 N–H and O–H groups in total. The van der Waals surface area contributed by atoms with Gasteiger partial charge in [-0.1, -0.05) is 23.8 Å². The summed E-state index contributed by atoms with van der Waals surface area (Å²) in [5.41, 5.74) is 2.35. The number of aryl methyl sites for hydroxylation is 1. The van der Waals surface area contributed by atoms with Gasteiger partial charge in [0.1, 0.15) is 0 Å². The molecule has 0 atom stereocenters. The van der Waals surface area contributed by atoms with Gasteiger partial charge in [-0.05, 0) is 31.2 Å². The minimum absolute atomic E-state index is 0.0928. The smallest absolute Gasteiger partial charge is 0.305 e. The second-order valence-electron chi connectivity index (χ2n) is 5.06. The number of amides is 1. The van der Waals surface area contributed by atoms with Crippen molar-refractivity contribution in [3.05, 3.63) is 65.5 Å². The Morgan fingerprint density at radius 2 is 1.86 bits per heavy atom. The van der Waals surface area contributed by atoms with Gasteiger partial charge in [0.2, 0.25) is 0 Å². The van der Waals surface area contributed by atoms with Gasteiger partial charge in [-0.25, -0.2) is 0 Å². The second-order valence-corrected chi connectivity index (χ2v) is 5.06. The van der Waals surface area contributed by atoms with E-state index in [1.165, 1.54) is 4.90 Å². The molecule has 1 amide bonds. The fourth-order valence-electron chi connectivity index (χ4n) is 2.05. The van der Waals surface area contributed by atoms with Crippen molar-refractivity contribution in [2.24, 2.45) is 0 Å². The zero-order chi connectivity index (χ0) is 15.9. The summed E-state index contributed by atoms with van der Waals surface area (Å²) < 4.78 is 0. The number of carbonyl (C=O) groups is 2. The Morgan fingerprint density at radius 1 is 1.14 bits per heavy atom. The molecule has 0 unspecified atom stereocenters. The van der Waals surface area contributed by atoms with Crippen LogP contribution in [0.4, 0.5) is 0 Å². The van der Waals surface area contributed by atoms with Crippen molar-refractivity contribution in [1.82, 2.24) is 9.88 Å². The van der Waals surface area contributed by atoms with Crippen LogP contribution in [-0.2, 0) is 11.3 Å². The predicted octanol–water partition coefficient (Wildman–Crippen LogP) is 2.51. The van der Waals surface area contributed by atoms with E-state index < -0.39 is 5.97 Å². The minimum Gasteiger partial charge on any atom is -0.481 e. The first-order valence-electron chi connectivity index (χ1n) is 7.04. The van der Waals surface area contributed by atoms with Crippen LogP contribution in [0.2, 0.25) is 0 Å². The fraction of sp³-hybridized carbons (Fsp3) is 0.235. The van der Waals surface area contributed by atoms with Gasteiger partial charge >= 0.3 is 5.97 Å². The van der Waals surface area contributed by atoms with Crippen LogP contribution < -0.4 is 0 Å². The molecule has 22 heavy (non-hydrogen) atoms. The number of rotatable bonds is 6. The van der Waals surface area contributed by atoms with Crippen molar-refractivity contribution >= 4 is 11.9 Å².